The molecule has 0 aliphatic carbocycles. The van der Waals surface area contributed by atoms with E-state index in [1.807, 2.05) is 24.3 Å². The van der Waals surface area contributed by atoms with Crippen molar-refractivity contribution in [2.45, 2.75) is 32.0 Å². The van der Waals surface area contributed by atoms with E-state index in [0.717, 1.165) is 36.2 Å². The summed E-state index contributed by atoms with van der Waals surface area (Å²) in [5.41, 5.74) is 4.27. The first kappa shape index (κ1) is 20.3. The van der Waals surface area contributed by atoms with Gasteiger partial charge in [-0.15, -0.1) is 0 Å². The fourth-order valence-corrected chi connectivity index (χ4v) is 4.59. The number of nitrogens with zero attached hydrogens (tertiary/aromatic N) is 1. The van der Waals surface area contributed by atoms with Crippen LogP contribution in [-0.4, -0.2) is 45.9 Å². The van der Waals surface area contributed by atoms with E-state index in [1.165, 1.54) is 12.5 Å². The summed E-state index contributed by atoms with van der Waals surface area (Å²) in [6.45, 7) is 3.02. The third kappa shape index (κ3) is 3.33. The van der Waals surface area contributed by atoms with E-state index < -0.39 is 6.10 Å². The largest absolute Gasteiger partial charge is 0.493 e. The van der Waals surface area contributed by atoms with Gasteiger partial charge in [0.15, 0.2) is 23.0 Å². The van der Waals surface area contributed by atoms with E-state index in [0.29, 0.717) is 23.0 Å². The van der Waals surface area contributed by atoms with Crippen LogP contribution >= 0.6 is 0 Å². The van der Waals surface area contributed by atoms with Gasteiger partial charge in [0.1, 0.15) is 6.10 Å². The number of ether oxygens (including phenoxy) is 5. The Morgan fingerprint density at radius 2 is 1.37 bits per heavy atom. The lowest BCUT2D eigenvalue weighted by molar-refractivity contribution is -0.152. The first-order chi connectivity index (χ1) is 14.5. The second kappa shape index (κ2) is 8.07. The van der Waals surface area contributed by atoms with E-state index >= 15 is 0 Å². The summed E-state index contributed by atoms with van der Waals surface area (Å²) in [6.07, 6.45) is 0.407. The number of hydrogen-bond donors (Lipinski definition) is 0. The average Bonchev–Trinajstić information content (AvgIpc) is 2.76. The Morgan fingerprint density at radius 1 is 0.833 bits per heavy atom. The second-order valence-corrected chi connectivity index (χ2v) is 7.51. The summed E-state index contributed by atoms with van der Waals surface area (Å²) in [4.78, 5) is 14.4. The van der Waals surface area contributed by atoms with E-state index in [-0.39, 0.29) is 12.0 Å². The van der Waals surface area contributed by atoms with Crippen molar-refractivity contribution in [1.82, 2.24) is 4.90 Å². The van der Waals surface area contributed by atoms with Crippen LogP contribution in [0.1, 0.15) is 41.3 Å². The predicted octanol–water partition coefficient (Wildman–Crippen LogP) is 3.44. The standard InChI is InChI=1S/C23H27NO6/c1-13(25)30-23-17-11-21(29-5)19(27-3)9-15(17)12-24-7-6-14-8-18(26-2)20(28-4)10-16(14)22(23)24/h8-11,22-23H,6-7,12H2,1-5H3/t22-,23+/m1/s1. The number of carbonyl (C=O) groups is 1. The van der Waals surface area contributed by atoms with Gasteiger partial charge in [0.25, 0.3) is 0 Å². The maximum atomic E-state index is 12.1. The summed E-state index contributed by atoms with van der Waals surface area (Å²) in [7, 11) is 6.49. The molecule has 0 radical (unpaired) electrons. The Balaban J connectivity index is 1.88. The summed E-state index contributed by atoms with van der Waals surface area (Å²) >= 11 is 0. The van der Waals surface area contributed by atoms with Gasteiger partial charge in [0.2, 0.25) is 0 Å². The van der Waals surface area contributed by atoms with Crippen molar-refractivity contribution in [2.24, 2.45) is 0 Å². The van der Waals surface area contributed by atoms with Crippen LogP contribution in [0.3, 0.4) is 0 Å². The molecule has 4 rings (SSSR count). The Labute approximate surface area is 176 Å². The number of carbonyl (C=O) groups excluding carboxylic acids is 1. The molecule has 0 bridgehead atoms. The fraction of sp³-hybridized carbons (Fsp3) is 0.435. The van der Waals surface area contributed by atoms with Crippen molar-refractivity contribution in [3.63, 3.8) is 0 Å². The van der Waals surface area contributed by atoms with Crippen LogP contribution in [0.4, 0.5) is 0 Å². The van der Waals surface area contributed by atoms with Crippen LogP contribution < -0.4 is 18.9 Å². The Bertz CT molecular complexity index is 973. The third-order valence-corrected chi connectivity index (χ3v) is 5.93. The molecule has 2 aromatic carbocycles. The number of hydrogen-bond acceptors (Lipinski definition) is 7. The van der Waals surface area contributed by atoms with Crippen molar-refractivity contribution >= 4 is 5.97 Å². The van der Waals surface area contributed by atoms with Crippen LogP contribution in [0.15, 0.2) is 24.3 Å². The van der Waals surface area contributed by atoms with Crippen molar-refractivity contribution in [3.8, 4) is 23.0 Å². The van der Waals surface area contributed by atoms with Crippen LogP contribution in [-0.2, 0) is 22.5 Å². The van der Waals surface area contributed by atoms with Crippen LogP contribution in [0.2, 0.25) is 0 Å². The van der Waals surface area contributed by atoms with Gasteiger partial charge in [-0.1, -0.05) is 0 Å². The fourth-order valence-electron chi connectivity index (χ4n) is 4.59. The Morgan fingerprint density at radius 3 is 1.93 bits per heavy atom. The molecule has 2 aliphatic heterocycles. The van der Waals surface area contributed by atoms with Gasteiger partial charge in [-0.2, -0.15) is 0 Å². The van der Waals surface area contributed by atoms with Gasteiger partial charge in [-0.25, -0.2) is 0 Å². The highest BCUT2D eigenvalue weighted by atomic mass is 16.5. The number of fused-ring (bicyclic) bond motifs is 4. The quantitative estimate of drug-likeness (QED) is 0.696. The summed E-state index contributed by atoms with van der Waals surface area (Å²) in [6, 6.07) is 7.82. The topological polar surface area (TPSA) is 66.5 Å². The minimum absolute atomic E-state index is 0.122. The summed E-state index contributed by atoms with van der Waals surface area (Å²) in [5.74, 6) is 2.33. The van der Waals surface area contributed by atoms with Crippen LogP contribution in [0.5, 0.6) is 23.0 Å². The molecule has 7 heteroatoms. The molecule has 0 spiro atoms. The zero-order valence-electron chi connectivity index (χ0n) is 18.0. The van der Waals surface area contributed by atoms with Crippen LogP contribution in [0.25, 0.3) is 0 Å². The van der Waals surface area contributed by atoms with Crippen molar-refractivity contribution < 1.29 is 28.5 Å². The molecule has 2 heterocycles. The van der Waals surface area contributed by atoms with Gasteiger partial charge < -0.3 is 23.7 Å². The predicted molar refractivity (Wildman–Crippen MR) is 110 cm³/mol. The van der Waals surface area contributed by atoms with E-state index in [1.54, 1.807) is 28.4 Å². The molecule has 2 aliphatic rings. The number of benzene rings is 2. The van der Waals surface area contributed by atoms with Gasteiger partial charge in [0, 0.05) is 25.6 Å². The minimum Gasteiger partial charge on any atom is -0.493 e. The SMILES string of the molecule is COc1cc2c(cc1OC)[C@@H]1[C@@H](OC(C)=O)c3cc(OC)c(OC)cc3CN1CC2. The molecule has 0 N–H and O–H groups in total. The molecule has 2 atom stereocenters. The molecule has 7 nitrogen and oxygen atoms in total. The van der Waals surface area contributed by atoms with Gasteiger partial charge in [-0.05, 0) is 47.4 Å². The van der Waals surface area contributed by atoms with Crippen molar-refractivity contribution in [2.75, 3.05) is 35.0 Å². The number of methoxy groups -OCH3 is 4. The number of rotatable bonds is 5. The zero-order valence-corrected chi connectivity index (χ0v) is 18.0. The monoisotopic (exact) mass is 413 g/mol. The molecule has 0 fully saturated rings. The molecule has 0 amide bonds. The van der Waals surface area contributed by atoms with Crippen molar-refractivity contribution in [3.05, 3.63) is 46.5 Å². The number of esters is 1. The summed E-state index contributed by atoms with van der Waals surface area (Å²) < 4.78 is 27.9. The van der Waals surface area contributed by atoms with Gasteiger partial charge >= 0.3 is 5.97 Å². The van der Waals surface area contributed by atoms with Gasteiger partial charge in [0.05, 0.1) is 34.5 Å². The average molecular weight is 413 g/mol. The second-order valence-electron chi connectivity index (χ2n) is 7.51. The third-order valence-electron chi connectivity index (χ3n) is 5.93. The maximum Gasteiger partial charge on any atom is 0.303 e. The minimum atomic E-state index is -0.469. The lowest BCUT2D eigenvalue weighted by Crippen LogP contribution is -2.43. The molecular formula is C23H27NO6. The van der Waals surface area contributed by atoms with Crippen molar-refractivity contribution in [1.29, 1.82) is 0 Å². The lowest BCUT2D eigenvalue weighted by atomic mass is 9.81. The van der Waals surface area contributed by atoms with E-state index in [2.05, 4.69) is 4.90 Å². The maximum absolute atomic E-state index is 12.1. The van der Waals surface area contributed by atoms with E-state index in [4.69, 9.17) is 23.7 Å². The van der Waals surface area contributed by atoms with Crippen LogP contribution in [0, 0.1) is 0 Å². The molecule has 0 unspecified atom stereocenters. The highest BCUT2D eigenvalue weighted by molar-refractivity contribution is 5.67. The molecule has 160 valence electrons. The van der Waals surface area contributed by atoms with Gasteiger partial charge in [-0.3, -0.25) is 9.69 Å². The first-order valence-electron chi connectivity index (χ1n) is 9.91. The summed E-state index contributed by atoms with van der Waals surface area (Å²) in [5, 5.41) is 0. The lowest BCUT2D eigenvalue weighted by Gasteiger charge is -2.45. The molecule has 30 heavy (non-hydrogen) atoms. The Kier molecular flexibility index (Phi) is 5.47. The highest BCUT2D eigenvalue weighted by Crippen LogP contribution is 2.50. The van der Waals surface area contributed by atoms with E-state index in [9.17, 15) is 4.79 Å². The molecule has 2 aromatic rings. The highest BCUT2D eigenvalue weighted by Gasteiger charge is 2.42. The first-order valence-corrected chi connectivity index (χ1v) is 9.91. The molecule has 0 aromatic heterocycles. The zero-order chi connectivity index (χ0) is 21.4. The molecule has 0 saturated carbocycles. The normalized spacial score (nSPS) is 19.8. The smallest absolute Gasteiger partial charge is 0.303 e. The Hall–Kier alpha value is -2.93. The molecular weight excluding hydrogens is 386 g/mol. The molecule has 0 saturated heterocycles.